The van der Waals surface area contributed by atoms with Gasteiger partial charge in [-0.3, -0.25) is 0 Å². The molecule has 0 aliphatic rings. The number of benzene rings is 2. The summed E-state index contributed by atoms with van der Waals surface area (Å²) in [6, 6.07) is 19.8. The zero-order chi connectivity index (χ0) is 22.5. The van der Waals surface area contributed by atoms with Crippen molar-refractivity contribution < 1.29 is 8.42 Å². The lowest BCUT2D eigenvalue weighted by Gasteiger charge is -2.23. The van der Waals surface area contributed by atoms with E-state index in [1.165, 1.54) is 44.1 Å². The van der Waals surface area contributed by atoms with Gasteiger partial charge < -0.3 is 0 Å². The molecule has 0 amide bonds. The number of hydrogen-bond donors (Lipinski definition) is 0. The van der Waals surface area contributed by atoms with Crippen LogP contribution in [0.4, 0.5) is 0 Å². The molecular weight excluding hydrogens is 400 g/mol. The van der Waals surface area contributed by atoms with Crippen LogP contribution in [-0.4, -0.2) is 13.7 Å². The molecule has 0 bridgehead atoms. The minimum absolute atomic E-state index is 0.191. The molecule has 0 aliphatic heterocycles. The maximum Gasteiger partial charge on any atom is 0.181 e. The lowest BCUT2D eigenvalue weighted by Crippen LogP contribution is -2.28. The number of rotatable bonds is 15. The van der Waals surface area contributed by atoms with E-state index in [1.807, 2.05) is 18.2 Å². The molecule has 0 aliphatic carbocycles. The summed E-state index contributed by atoms with van der Waals surface area (Å²) in [5, 5.41) is -0.265. The van der Waals surface area contributed by atoms with E-state index in [-0.39, 0.29) is 11.2 Å². The topological polar surface area (TPSA) is 34.1 Å². The van der Waals surface area contributed by atoms with Crippen LogP contribution in [0.1, 0.15) is 84.1 Å². The fraction of sp³-hybridized carbons (Fsp3) is 0.571. The second-order valence-corrected chi connectivity index (χ2v) is 11.4. The molecular formula is C28H42O2S. The summed E-state index contributed by atoms with van der Waals surface area (Å²) in [7, 11) is -3.25. The van der Waals surface area contributed by atoms with E-state index in [0.29, 0.717) is 4.90 Å². The first-order valence-corrected chi connectivity index (χ1v) is 13.8. The molecule has 1 unspecified atom stereocenters. The minimum atomic E-state index is -3.25. The maximum atomic E-state index is 13.1. The van der Waals surface area contributed by atoms with Crippen LogP contribution in [0.3, 0.4) is 0 Å². The number of unbranched alkanes of at least 4 members (excludes halogenated alkanes) is 5. The molecule has 0 fully saturated rings. The van der Waals surface area contributed by atoms with Gasteiger partial charge in [0.1, 0.15) is 0 Å². The second-order valence-electron chi connectivity index (χ2n) is 9.28. The van der Waals surface area contributed by atoms with E-state index in [2.05, 4.69) is 51.1 Å². The van der Waals surface area contributed by atoms with E-state index < -0.39 is 9.84 Å². The van der Waals surface area contributed by atoms with Crippen molar-refractivity contribution in [3.05, 3.63) is 66.2 Å². The van der Waals surface area contributed by atoms with Crippen LogP contribution in [0.25, 0.3) is 0 Å². The normalized spacial score (nSPS) is 14.8. The summed E-state index contributed by atoms with van der Waals surface area (Å²) in [6.07, 6.45) is 11.3. The predicted molar refractivity (Wildman–Crippen MR) is 133 cm³/mol. The van der Waals surface area contributed by atoms with Gasteiger partial charge in [0.05, 0.1) is 10.1 Å². The number of sulfone groups is 1. The molecule has 2 aromatic rings. The highest BCUT2D eigenvalue weighted by molar-refractivity contribution is 7.92. The van der Waals surface area contributed by atoms with Crippen molar-refractivity contribution >= 4 is 9.84 Å². The highest BCUT2D eigenvalue weighted by Crippen LogP contribution is 2.28. The molecule has 3 heteroatoms. The SMILES string of the molecule is CC[C@H](C)C(CCCCCCCC[C@@H](C)Cc1ccccc1)S(=O)(=O)c1ccccc1. The molecule has 2 aromatic carbocycles. The average molecular weight is 443 g/mol. The van der Waals surface area contributed by atoms with Gasteiger partial charge in [-0.15, -0.1) is 0 Å². The van der Waals surface area contributed by atoms with E-state index in [1.54, 1.807) is 12.1 Å². The molecule has 0 saturated carbocycles. The summed E-state index contributed by atoms with van der Waals surface area (Å²) in [6.45, 7) is 6.54. The van der Waals surface area contributed by atoms with E-state index >= 15 is 0 Å². The second kappa shape index (κ2) is 13.7. The summed E-state index contributed by atoms with van der Waals surface area (Å²) >= 11 is 0. The van der Waals surface area contributed by atoms with E-state index in [9.17, 15) is 8.42 Å². The van der Waals surface area contributed by atoms with Crippen molar-refractivity contribution in [2.45, 2.75) is 95.1 Å². The lowest BCUT2D eigenvalue weighted by atomic mass is 9.95. The summed E-state index contributed by atoms with van der Waals surface area (Å²) in [5.74, 6) is 0.929. The zero-order valence-corrected chi connectivity index (χ0v) is 20.6. The van der Waals surface area contributed by atoms with Gasteiger partial charge in [0.15, 0.2) is 9.84 Å². The van der Waals surface area contributed by atoms with Crippen molar-refractivity contribution in [3.8, 4) is 0 Å². The fourth-order valence-corrected chi connectivity index (χ4v) is 6.62. The van der Waals surface area contributed by atoms with Gasteiger partial charge in [0, 0.05) is 0 Å². The third-order valence-corrected chi connectivity index (χ3v) is 9.04. The molecule has 2 rings (SSSR count). The smallest absolute Gasteiger partial charge is 0.181 e. The van der Waals surface area contributed by atoms with Crippen molar-refractivity contribution in [2.75, 3.05) is 0 Å². The first-order chi connectivity index (χ1) is 14.9. The Balaban J connectivity index is 1.65. The molecule has 0 N–H and O–H groups in total. The summed E-state index contributed by atoms with van der Waals surface area (Å²) in [5.41, 5.74) is 1.44. The Morgan fingerprint density at radius 1 is 0.710 bits per heavy atom. The van der Waals surface area contributed by atoms with E-state index in [4.69, 9.17) is 0 Å². The van der Waals surface area contributed by atoms with Gasteiger partial charge >= 0.3 is 0 Å². The Morgan fingerprint density at radius 2 is 1.23 bits per heavy atom. The van der Waals surface area contributed by atoms with Crippen LogP contribution < -0.4 is 0 Å². The van der Waals surface area contributed by atoms with Gasteiger partial charge in [0.2, 0.25) is 0 Å². The minimum Gasteiger partial charge on any atom is -0.223 e. The highest BCUT2D eigenvalue weighted by atomic mass is 32.2. The molecule has 0 saturated heterocycles. The van der Waals surface area contributed by atoms with Crippen LogP contribution in [0.15, 0.2) is 65.6 Å². The van der Waals surface area contributed by atoms with Crippen LogP contribution in [0.2, 0.25) is 0 Å². The third kappa shape index (κ3) is 8.80. The third-order valence-electron chi connectivity index (χ3n) is 6.61. The predicted octanol–water partition coefficient (Wildman–Crippen LogP) is 7.87. The zero-order valence-electron chi connectivity index (χ0n) is 19.8. The summed E-state index contributed by atoms with van der Waals surface area (Å²) < 4.78 is 26.3. The summed E-state index contributed by atoms with van der Waals surface area (Å²) in [4.78, 5) is 0.477. The quantitative estimate of drug-likeness (QED) is 0.263. The highest BCUT2D eigenvalue weighted by Gasteiger charge is 2.30. The first kappa shape index (κ1) is 25.6. The molecule has 3 atom stereocenters. The van der Waals surface area contributed by atoms with Crippen molar-refractivity contribution in [1.82, 2.24) is 0 Å². The average Bonchev–Trinajstić information content (AvgIpc) is 2.78. The van der Waals surface area contributed by atoms with Gasteiger partial charge in [-0.2, -0.15) is 0 Å². The Bertz CT molecular complexity index is 815. The van der Waals surface area contributed by atoms with Crippen LogP contribution >= 0.6 is 0 Å². The lowest BCUT2D eigenvalue weighted by molar-refractivity contribution is 0.450. The Labute approximate surface area is 191 Å². The van der Waals surface area contributed by atoms with Crippen molar-refractivity contribution in [3.63, 3.8) is 0 Å². The fourth-order valence-electron chi connectivity index (χ4n) is 4.46. The molecule has 0 radical (unpaired) electrons. The van der Waals surface area contributed by atoms with Gasteiger partial charge in [0.25, 0.3) is 0 Å². The van der Waals surface area contributed by atoms with E-state index in [0.717, 1.165) is 31.6 Å². The van der Waals surface area contributed by atoms with Crippen LogP contribution in [0, 0.1) is 11.8 Å². The Hall–Kier alpha value is -1.61. The standard InChI is InChI=1S/C28H42O2S/c1-4-25(3)28(31(29,30)27-20-14-10-15-21-27)22-16-8-6-5-7-11-17-24(2)23-26-18-12-9-13-19-26/h9-10,12-15,18-21,24-25,28H,4-8,11,16-17,22-23H2,1-3H3/t24-,25+,28?/m1/s1. The Morgan fingerprint density at radius 3 is 1.81 bits per heavy atom. The van der Waals surface area contributed by atoms with Gasteiger partial charge in [-0.25, -0.2) is 8.42 Å². The molecule has 2 nitrogen and oxygen atoms in total. The maximum absolute atomic E-state index is 13.1. The van der Waals surface area contributed by atoms with Gasteiger partial charge in [-0.05, 0) is 42.4 Å². The van der Waals surface area contributed by atoms with Crippen molar-refractivity contribution in [2.24, 2.45) is 11.8 Å². The molecule has 172 valence electrons. The molecule has 0 heterocycles. The van der Waals surface area contributed by atoms with Crippen LogP contribution in [0.5, 0.6) is 0 Å². The molecule has 0 aromatic heterocycles. The largest absolute Gasteiger partial charge is 0.223 e. The Kier molecular flexibility index (Phi) is 11.4. The van der Waals surface area contributed by atoms with Crippen LogP contribution in [-0.2, 0) is 16.3 Å². The van der Waals surface area contributed by atoms with Crippen molar-refractivity contribution in [1.29, 1.82) is 0 Å². The number of hydrogen-bond acceptors (Lipinski definition) is 2. The molecule has 31 heavy (non-hydrogen) atoms. The molecule has 0 spiro atoms. The first-order valence-electron chi connectivity index (χ1n) is 12.3. The monoisotopic (exact) mass is 442 g/mol. The van der Waals surface area contributed by atoms with Gasteiger partial charge in [-0.1, -0.05) is 121 Å².